The molecule has 1 amide bonds. The molecule has 1 fully saturated rings. The molecule has 0 aliphatic carbocycles. The highest BCUT2D eigenvalue weighted by Crippen LogP contribution is 2.20. The minimum Gasteiger partial charge on any atom is -0.471 e. The smallest absolute Gasteiger partial charge is 0.253 e. The van der Waals surface area contributed by atoms with Crippen LogP contribution in [0.25, 0.3) is 0 Å². The molecule has 1 aromatic carbocycles. The highest BCUT2D eigenvalue weighted by molar-refractivity contribution is 5.94. The molecule has 3 rings (SSSR count). The van der Waals surface area contributed by atoms with Crippen LogP contribution in [-0.4, -0.2) is 54.3 Å². The van der Waals surface area contributed by atoms with Crippen molar-refractivity contribution in [3.8, 4) is 5.88 Å². The summed E-state index contributed by atoms with van der Waals surface area (Å²) in [4.78, 5) is 16.6. The number of nitrogens with zero attached hydrogens (tertiary/aromatic N) is 4. The third-order valence-electron chi connectivity index (χ3n) is 4.51. The summed E-state index contributed by atoms with van der Waals surface area (Å²) in [7, 11) is 3.84. The van der Waals surface area contributed by atoms with Crippen LogP contribution in [0.4, 0.5) is 5.82 Å². The summed E-state index contributed by atoms with van der Waals surface area (Å²) in [6.07, 6.45) is 1.77. The number of aromatic nitrogens is 2. The van der Waals surface area contributed by atoms with Gasteiger partial charge in [-0.15, -0.1) is 10.2 Å². The summed E-state index contributed by atoms with van der Waals surface area (Å²) in [5, 5.41) is 8.26. The fourth-order valence-electron chi connectivity index (χ4n) is 3.28. The van der Waals surface area contributed by atoms with E-state index in [0.717, 1.165) is 41.9 Å². The predicted molar refractivity (Wildman–Crippen MR) is 102 cm³/mol. The van der Waals surface area contributed by atoms with Gasteiger partial charge < -0.3 is 14.5 Å². The number of hydrogen-bond donors (Lipinski definition) is 0. The molecule has 138 valence electrons. The molecule has 1 saturated heterocycles. The number of benzene rings is 1. The molecule has 1 aliphatic rings. The molecule has 0 radical (unpaired) electrons. The van der Waals surface area contributed by atoms with Gasteiger partial charge in [0.15, 0.2) is 5.82 Å². The monoisotopic (exact) mass is 354 g/mol. The topological polar surface area (TPSA) is 58.6 Å². The fourth-order valence-corrected chi connectivity index (χ4v) is 3.28. The van der Waals surface area contributed by atoms with Crippen molar-refractivity contribution in [1.29, 1.82) is 0 Å². The van der Waals surface area contributed by atoms with Crippen molar-refractivity contribution in [3.05, 3.63) is 47.0 Å². The summed E-state index contributed by atoms with van der Waals surface area (Å²) in [6, 6.07) is 9.68. The van der Waals surface area contributed by atoms with Gasteiger partial charge in [0, 0.05) is 32.3 Å². The number of anilines is 1. The van der Waals surface area contributed by atoms with Crippen LogP contribution in [0.1, 0.15) is 34.3 Å². The van der Waals surface area contributed by atoms with E-state index in [1.54, 1.807) is 0 Å². The van der Waals surface area contributed by atoms with Gasteiger partial charge in [-0.1, -0.05) is 17.2 Å². The number of ether oxygens (including phenoxy) is 1. The predicted octanol–water partition coefficient (Wildman–Crippen LogP) is 2.84. The maximum absolute atomic E-state index is 12.9. The number of carbonyl (C=O) groups excluding carboxylic acids is 1. The highest BCUT2D eigenvalue weighted by Gasteiger charge is 2.26. The van der Waals surface area contributed by atoms with Crippen molar-refractivity contribution >= 4 is 11.7 Å². The number of likely N-dealkylation sites (tertiary alicyclic amines) is 1. The van der Waals surface area contributed by atoms with Crippen LogP contribution in [0.2, 0.25) is 0 Å². The first-order valence-corrected chi connectivity index (χ1v) is 8.97. The minimum atomic E-state index is -0.0573. The molecule has 2 heterocycles. The van der Waals surface area contributed by atoms with Crippen molar-refractivity contribution in [2.24, 2.45) is 0 Å². The summed E-state index contributed by atoms with van der Waals surface area (Å²) in [6.45, 7) is 5.36. The van der Waals surface area contributed by atoms with Gasteiger partial charge >= 0.3 is 0 Å². The average Bonchev–Trinajstić information content (AvgIpc) is 2.61. The van der Waals surface area contributed by atoms with Crippen LogP contribution in [0.5, 0.6) is 5.88 Å². The largest absolute Gasteiger partial charge is 0.471 e. The zero-order valence-electron chi connectivity index (χ0n) is 15.9. The Morgan fingerprint density at radius 3 is 2.50 bits per heavy atom. The van der Waals surface area contributed by atoms with Crippen molar-refractivity contribution in [2.45, 2.75) is 32.8 Å². The minimum absolute atomic E-state index is 0.0573. The van der Waals surface area contributed by atoms with E-state index in [2.05, 4.69) is 16.3 Å². The summed E-state index contributed by atoms with van der Waals surface area (Å²) >= 11 is 0. The average molecular weight is 354 g/mol. The quantitative estimate of drug-likeness (QED) is 0.845. The second kappa shape index (κ2) is 7.72. The van der Waals surface area contributed by atoms with Gasteiger partial charge in [0.2, 0.25) is 5.88 Å². The first-order chi connectivity index (χ1) is 12.4. The Balaban J connectivity index is 1.66. The van der Waals surface area contributed by atoms with Crippen molar-refractivity contribution in [2.75, 3.05) is 32.1 Å². The maximum atomic E-state index is 12.9. The van der Waals surface area contributed by atoms with E-state index in [9.17, 15) is 4.79 Å². The van der Waals surface area contributed by atoms with E-state index in [-0.39, 0.29) is 12.0 Å². The van der Waals surface area contributed by atoms with Gasteiger partial charge in [0.05, 0.1) is 6.54 Å². The zero-order valence-corrected chi connectivity index (χ0v) is 15.9. The van der Waals surface area contributed by atoms with Gasteiger partial charge in [-0.05, 0) is 44.9 Å². The van der Waals surface area contributed by atoms with Gasteiger partial charge in [0.1, 0.15) is 6.10 Å². The van der Waals surface area contributed by atoms with Crippen LogP contribution < -0.4 is 9.64 Å². The number of amides is 1. The maximum Gasteiger partial charge on any atom is 0.253 e. The molecule has 6 heteroatoms. The third-order valence-corrected chi connectivity index (χ3v) is 4.51. The molecule has 6 nitrogen and oxygen atoms in total. The van der Waals surface area contributed by atoms with Crippen molar-refractivity contribution in [1.82, 2.24) is 15.1 Å². The second-order valence-corrected chi connectivity index (χ2v) is 7.13. The number of piperidine rings is 1. The van der Waals surface area contributed by atoms with E-state index in [1.807, 2.05) is 62.0 Å². The van der Waals surface area contributed by atoms with Crippen molar-refractivity contribution in [3.63, 3.8) is 0 Å². The number of hydrogen-bond acceptors (Lipinski definition) is 5. The SMILES string of the molecule is Cc1cc(C)cc(C(=O)N2CCCC(Oc3ccc(N(C)C)nn3)C2)c1. The number of rotatable bonds is 4. The van der Waals surface area contributed by atoms with Gasteiger partial charge in [-0.3, -0.25) is 4.79 Å². The standard InChI is InChI=1S/C20H26N4O2/c1-14-10-15(2)12-16(11-14)20(25)24-9-5-6-17(13-24)26-19-8-7-18(21-22-19)23(3)4/h7-8,10-12,17H,5-6,9,13H2,1-4H3. The molecule has 0 N–H and O–H groups in total. The Morgan fingerprint density at radius 2 is 1.88 bits per heavy atom. The zero-order chi connectivity index (χ0) is 18.7. The van der Waals surface area contributed by atoms with E-state index >= 15 is 0 Å². The van der Waals surface area contributed by atoms with E-state index in [1.165, 1.54) is 0 Å². The normalized spacial score (nSPS) is 17.1. The fraction of sp³-hybridized carbons (Fsp3) is 0.450. The Labute approximate surface area is 154 Å². The summed E-state index contributed by atoms with van der Waals surface area (Å²) in [5.74, 6) is 1.35. The van der Waals surface area contributed by atoms with Crippen molar-refractivity contribution < 1.29 is 9.53 Å². The molecule has 2 aromatic rings. The van der Waals surface area contributed by atoms with E-state index < -0.39 is 0 Å². The molecule has 1 aliphatic heterocycles. The van der Waals surface area contributed by atoms with Gasteiger partial charge in [-0.2, -0.15) is 0 Å². The van der Waals surface area contributed by atoms with Gasteiger partial charge in [0.25, 0.3) is 5.91 Å². The van der Waals surface area contributed by atoms with Crippen LogP contribution >= 0.6 is 0 Å². The van der Waals surface area contributed by atoms with E-state index in [4.69, 9.17) is 4.74 Å². The third kappa shape index (κ3) is 4.31. The molecule has 26 heavy (non-hydrogen) atoms. The lowest BCUT2D eigenvalue weighted by atomic mass is 10.0. The lowest BCUT2D eigenvalue weighted by Crippen LogP contribution is -2.44. The second-order valence-electron chi connectivity index (χ2n) is 7.13. The Kier molecular flexibility index (Phi) is 5.40. The Bertz CT molecular complexity index is 754. The molecular weight excluding hydrogens is 328 g/mol. The summed E-state index contributed by atoms with van der Waals surface area (Å²) in [5.41, 5.74) is 2.96. The molecule has 0 saturated carbocycles. The molecule has 1 atom stereocenters. The number of aryl methyl sites for hydroxylation is 2. The van der Waals surface area contributed by atoms with E-state index in [0.29, 0.717) is 12.4 Å². The molecule has 0 bridgehead atoms. The Morgan fingerprint density at radius 1 is 1.15 bits per heavy atom. The Hall–Kier alpha value is -2.63. The molecular formula is C20H26N4O2. The molecule has 1 unspecified atom stereocenters. The van der Waals surface area contributed by atoms with Crippen LogP contribution in [0, 0.1) is 13.8 Å². The lowest BCUT2D eigenvalue weighted by Gasteiger charge is -2.32. The first kappa shape index (κ1) is 18.2. The van der Waals surface area contributed by atoms with Crippen LogP contribution in [-0.2, 0) is 0 Å². The molecule has 0 spiro atoms. The number of carbonyl (C=O) groups is 1. The highest BCUT2D eigenvalue weighted by atomic mass is 16.5. The summed E-state index contributed by atoms with van der Waals surface area (Å²) < 4.78 is 5.97. The van der Waals surface area contributed by atoms with Gasteiger partial charge in [-0.25, -0.2) is 0 Å². The first-order valence-electron chi connectivity index (χ1n) is 8.97. The van der Waals surface area contributed by atoms with Crippen LogP contribution in [0.15, 0.2) is 30.3 Å². The molecule has 1 aromatic heterocycles. The lowest BCUT2D eigenvalue weighted by molar-refractivity contribution is 0.0525. The van der Waals surface area contributed by atoms with Crippen LogP contribution in [0.3, 0.4) is 0 Å².